The second-order valence-electron chi connectivity index (χ2n) is 7.24. The van der Waals surface area contributed by atoms with Gasteiger partial charge in [0.1, 0.15) is 17.2 Å². The van der Waals surface area contributed by atoms with E-state index in [9.17, 15) is 4.39 Å². The number of hydrogen-bond donors (Lipinski definition) is 2. The largest absolute Gasteiger partial charge is 0.383 e. The molecule has 2 aromatic heterocycles. The van der Waals surface area contributed by atoms with Crippen LogP contribution in [0.15, 0.2) is 60.8 Å². The van der Waals surface area contributed by atoms with Crippen LogP contribution in [-0.2, 0) is 4.74 Å². The van der Waals surface area contributed by atoms with E-state index in [0.717, 1.165) is 37.7 Å². The maximum Gasteiger partial charge on any atom is 0.229 e. The van der Waals surface area contributed by atoms with E-state index in [0.29, 0.717) is 33.9 Å². The molecule has 0 amide bonds. The monoisotopic (exact) mass is 416 g/mol. The van der Waals surface area contributed by atoms with Crippen LogP contribution in [0.3, 0.4) is 0 Å². The Balaban J connectivity index is 1.48. The molecule has 0 spiro atoms. The number of aromatic nitrogens is 3. The van der Waals surface area contributed by atoms with Gasteiger partial charge in [-0.3, -0.25) is 4.98 Å². The molecular weight excluding hydrogens is 395 g/mol. The lowest BCUT2D eigenvalue weighted by Gasteiger charge is -2.28. The highest BCUT2D eigenvalue weighted by Gasteiger charge is 2.15. The van der Waals surface area contributed by atoms with Crippen molar-refractivity contribution in [1.82, 2.24) is 15.0 Å². The second kappa shape index (κ2) is 8.16. The number of rotatable bonds is 4. The van der Waals surface area contributed by atoms with Crippen molar-refractivity contribution in [3.8, 4) is 11.3 Å². The van der Waals surface area contributed by atoms with Gasteiger partial charge >= 0.3 is 0 Å². The molecule has 1 aliphatic rings. The summed E-state index contributed by atoms with van der Waals surface area (Å²) in [6.45, 7) is 3.23. The van der Waals surface area contributed by atoms with Crippen molar-refractivity contribution in [3.05, 3.63) is 66.6 Å². The van der Waals surface area contributed by atoms with Gasteiger partial charge in [-0.1, -0.05) is 12.1 Å². The highest BCUT2D eigenvalue weighted by Crippen LogP contribution is 2.30. The van der Waals surface area contributed by atoms with Gasteiger partial charge in [-0.15, -0.1) is 0 Å². The lowest BCUT2D eigenvalue weighted by atomic mass is 10.1. The Labute approximate surface area is 178 Å². The molecule has 0 radical (unpaired) electrons. The number of fused-ring (bicyclic) bond motifs is 1. The number of halogens is 1. The minimum absolute atomic E-state index is 0.303. The van der Waals surface area contributed by atoms with Crippen LogP contribution in [-0.4, -0.2) is 41.3 Å². The molecule has 156 valence electrons. The number of nitrogens with one attached hydrogen (secondary N) is 1. The summed E-state index contributed by atoms with van der Waals surface area (Å²) in [5.74, 6) is 0.264. The van der Waals surface area contributed by atoms with Gasteiger partial charge in [0, 0.05) is 41.6 Å². The molecule has 8 heteroatoms. The van der Waals surface area contributed by atoms with Crippen molar-refractivity contribution in [1.29, 1.82) is 0 Å². The van der Waals surface area contributed by atoms with E-state index in [1.54, 1.807) is 30.5 Å². The molecule has 4 aromatic rings. The Morgan fingerprint density at radius 1 is 0.968 bits per heavy atom. The molecule has 31 heavy (non-hydrogen) atoms. The summed E-state index contributed by atoms with van der Waals surface area (Å²) in [4.78, 5) is 15.6. The fourth-order valence-corrected chi connectivity index (χ4v) is 3.69. The third-order valence-electron chi connectivity index (χ3n) is 5.27. The summed E-state index contributed by atoms with van der Waals surface area (Å²) in [5, 5.41) is 3.82. The minimum atomic E-state index is -0.368. The van der Waals surface area contributed by atoms with Crippen LogP contribution in [0, 0.1) is 5.82 Å². The summed E-state index contributed by atoms with van der Waals surface area (Å²) >= 11 is 0. The number of nitrogen functional groups attached to an aromatic ring is 1. The Morgan fingerprint density at radius 3 is 2.52 bits per heavy atom. The molecule has 0 atom stereocenters. The third-order valence-corrected chi connectivity index (χ3v) is 5.27. The first-order valence-corrected chi connectivity index (χ1v) is 10.1. The van der Waals surface area contributed by atoms with Crippen LogP contribution in [0.25, 0.3) is 22.2 Å². The predicted molar refractivity (Wildman–Crippen MR) is 120 cm³/mol. The molecule has 0 bridgehead atoms. The first-order chi connectivity index (χ1) is 15.2. The van der Waals surface area contributed by atoms with Crippen molar-refractivity contribution < 1.29 is 9.13 Å². The van der Waals surface area contributed by atoms with Crippen molar-refractivity contribution >= 4 is 34.0 Å². The van der Waals surface area contributed by atoms with E-state index in [1.807, 2.05) is 24.3 Å². The predicted octanol–water partition coefficient (Wildman–Crippen LogP) is 3.99. The Hall–Kier alpha value is -3.78. The summed E-state index contributed by atoms with van der Waals surface area (Å²) in [7, 11) is 0. The van der Waals surface area contributed by atoms with E-state index in [-0.39, 0.29) is 5.82 Å². The van der Waals surface area contributed by atoms with Gasteiger partial charge < -0.3 is 20.7 Å². The zero-order valence-corrected chi connectivity index (χ0v) is 16.8. The number of nitrogens with zero attached hydrogens (tertiary/aromatic N) is 4. The third kappa shape index (κ3) is 3.85. The van der Waals surface area contributed by atoms with Gasteiger partial charge in [-0.25, -0.2) is 9.37 Å². The summed E-state index contributed by atoms with van der Waals surface area (Å²) in [6, 6.07) is 16.2. The lowest BCUT2D eigenvalue weighted by Crippen LogP contribution is -2.36. The van der Waals surface area contributed by atoms with Crippen molar-refractivity contribution in [2.45, 2.75) is 0 Å². The zero-order chi connectivity index (χ0) is 21.2. The quantitative estimate of drug-likeness (QED) is 0.520. The maximum atomic E-state index is 14.4. The molecule has 3 N–H and O–H groups in total. The average molecular weight is 416 g/mol. The number of nitrogens with two attached hydrogens (primary N) is 1. The number of anilines is 4. The fourth-order valence-electron chi connectivity index (χ4n) is 3.69. The normalized spacial score (nSPS) is 14.0. The number of pyridine rings is 1. The topological polar surface area (TPSA) is 89.2 Å². The number of benzene rings is 2. The van der Waals surface area contributed by atoms with Crippen molar-refractivity contribution in [2.75, 3.05) is 42.3 Å². The zero-order valence-electron chi connectivity index (χ0n) is 16.8. The molecule has 1 fully saturated rings. The highest BCUT2D eigenvalue weighted by molar-refractivity contribution is 5.97. The fraction of sp³-hybridized carbons (Fsp3) is 0.174. The maximum absolute atomic E-state index is 14.4. The van der Waals surface area contributed by atoms with Gasteiger partial charge in [0.05, 0.1) is 18.9 Å². The standard InChI is InChI=1S/C23H21FN6O/c24-19-4-2-1-3-17(19)20-21-18(9-10-26-20)22(25)29-23(28-21)27-15-5-7-16(8-6-15)30-11-13-31-14-12-30/h1-10H,11-14H2,(H3,25,27,28,29). The van der Waals surface area contributed by atoms with Gasteiger partial charge in [-0.05, 0) is 42.5 Å². The SMILES string of the molecule is Nc1nc(Nc2ccc(N3CCOCC3)cc2)nc2c(-c3ccccc3F)nccc12. The Bertz CT molecular complexity index is 1220. The van der Waals surface area contributed by atoms with Crippen LogP contribution in [0.2, 0.25) is 0 Å². The number of morpholine rings is 1. The van der Waals surface area contributed by atoms with Crippen molar-refractivity contribution in [2.24, 2.45) is 0 Å². The molecule has 5 rings (SSSR count). The minimum Gasteiger partial charge on any atom is -0.383 e. The van der Waals surface area contributed by atoms with E-state index in [2.05, 4.69) is 25.2 Å². The molecule has 2 aromatic carbocycles. The number of hydrogen-bond acceptors (Lipinski definition) is 7. The van der Waals surface area contributed by atoms with Crippen LogP contribution < -0.4 is 16.0 Å². The highest BCUT2D eigenvalue weighted by atomic mass is 19.1. The smallest absolute Gasteiger partial charge is 0.229 e. The summed E-state index contributed by atoms with van der Waals surface area (Å²) in [5.41, 5.74) is 9.44. The Morgan fingerprint density at radius 2 is 1.74 bits per heavy atom. The van der Waals surface area contributed by atoms with E-state index in [1.165, 1.54) is 6.07 Å². The van der Waals surface area contributed by atoms with Crippen LogP contribution in [0.4, 0.5) is 27.5 Å². The molecule has 0 aliphatic carbocycles. The lowest BCUT2D eigenvalue weighted by molar-refractivity contribution is 0.122. The molecule has 1 saturated heterocycles. The van der Waals surface area contributed by atoms with Crippen LogP contribution in [0.1, 0.15) is 0 Å². The van der Waals surface area contributed by atoms with E-state index in [4.69, 9.17) is 10.5 Å². The van der Waals surface area contributed by atoms with Gasteiger partial charge in [0.2, 0.25) is 5.95 Å². The van der Waals surface area contributed by atoms with Gasteiger partial charge in [0.15, 0.2) is 0 Å². The van der Waals surface area contributed by atoms with E-state index < -0.39 is 0 Å². The summed E-state index contributed by atoms with van der Waals surface area (Å²) in [6.07, 6.45) is 1.58. The van der Waals surface area contributed by atoms with E-state index >= 15 is 0 Å². The molecule has 3 heterocycles. The molecule has 1 aliphatic heterocycles. The van der Waals surface area contributed by atoms with Crippen LogP contribution in [0.5, 0.6) is 0 Å². The average Bonchev–Trinajstić information content (AvgIpc) is 2.80. The second-order valence-corrected chi connectivity index (χ2v) is 7.24. The van der Waals surface area contributed by atoms with Gasteiger partial charge in [0.25, 0.3) is 0 Å². The molecular formula is C23H21FN6O. The first kappa shape index (κ1) is 19.2. The Kier molecular flexibility index (Phi) is 5.05. The molecule has 7 nitrogen and oxygen atoms in total. The summed E-state index contributed by atoms with van der Waals surface area (Å²) < 4.78 is 19.8. The number of ether oxygens (including phenoxy) is 1. The van der Waals surface area contributed by atoms with Gasteiger partial charge in [-0.2, -0.15) is 4.98 Å². The molecule has 0 unspecified atom stereocenters. The molecule has 0 saturated carbocycles. The first-order valence-electron chi connectivity index (χ1n) is 10.1. The van der Waals surface area contributed by atoms with Crippen LogP contribution >= 0.6 is 0 Å². The van der Waals surface area contributed by atoms with Crippen molar-refractivity contribution in [3.63, 3.8) is 0 Å².